The number of carbonyl (C=O) groups excluding carboxylic acids is 1. The maximum Gasteiger partial charge on any atom is 0.270 e. The Morgan fingerprint density at radius 3 is 2.44 bits per heavy atom. The molecule has 0 aliphatic carbocycles. The molecule has 5 rings (SSSR count). The van der Waals surface area contributed by atoms with Gasteiger partial charge in [0.15, 0.2) is 15.8 Å². The zero-order valence-electron chi connectivity index (χ0n) is 21.5. The van der Waals surface area contributed by atoms with Crippen LogP contribution in [0, 0.1) is 3.57 Å². The van der Waals surface area contributed by atoms with Crippen LogP contribution in [0.3, 0.4) is 0 Å². The minimum Gasteiger partial charge on any atom is -0.494 e. The highest BCUT2D eigenvalue weighted by molar-refractivity contribution is 14.1. The maximum atomic E-state index is 13.3. The summed E-state index contributed by atoms with van der Waals surface area (Å²) in [5.41, 5.74) is 2.66. The predicted octanol–water partition coefficient (Wildman–Crippen LogP) is 8.23. The number of rotatable bonds is 9. The molecule has 0 N–H and O–H groups in total. The first-order valence-corrected chi connectivity index (χ1v) is 14.9. The Bertz CT molecular complexity index is 1560. The summed E-state index contributed by atoms with van der Waals surface area (Å²) in [6.45, 7) is 5.36. The van der Waals surface area contributed by atoms with E-state index in [1.807, 2.05) is 74.5 Å². The van der Waals surface area contributed by atoms with Gasteiger partial charge >= 0.3 is 0 Å². The number of thioether (sulfide) groups is 1. The number of amides is 1. The summed E-state index contributed by atoms with van der Waals surface area (Å²) in [5.74, 6) is 1.92. The van der Waals surface area contributed by atoms with Gasteiger partial charge in [-0.1, -0.05) is 66.4 Å². The summed E-state index contributed by atoms with van der Waals surface area (Å²) in [7, 11) is 0. The molecule has 0 saturated carbocycles. The summed E-state index contributed by atoms with van der Waals surface area (Å²) in [5, 5.41) is 2.34. The van der Waals surface area contributed by atoms with E-state index in [0.717, 1.165) is 20.4 Å². The number of hydrogen-bond donors (Lipinski definition) is 0. The topological polar surface area (TPSA) is 48.0 Å². The highest BCUT2D eigenvalue weighted by Crippen LogP contribution is 2.39. The molecule has 1 fully saturated rings. The summed E-state index contributed by atoms with van der Waals surface area (Å²) in [6.07, 6.45) is 1.85. The van der Waals surface area contributed by atoms with Crippen LogP contribution in [0.1, 0.15) is 25.0 Å². The van der Waals surface area contributed by atoms with Gasteiger partial charge in [-0.25, -0.2) is 0 Å². The van der Waals surface area contributed by atoms with Crippen molar-refractivity contribution in [3.05, 3.63) is 98.5 Å². The third-order valence-electron chi connectivity index (χ3n) is 6.08. The SMILES string of the molecule is CCOc1ccc(N2C(=O)/C(=C\c3cc(I)c(OCc4cccc5ccccc45)c(OCC)c3)SC2=S)cc1. The van der Waals surface area contributed by atoms with Crippen molar-refractivity contribution in [1.82, 2.24) is 0 Å². The number of carbonyl (C=O) groups is 1. The Hall–Kier alpha value is -3.08. The summed E-state index contributed by atoms with van der Waals surface area (Å²) < 4.78 is 19.2. The van der Waals surface area contributed by atoms with Crippen molar-refractivity contribution < 1.29 is 19.0 Å². The van der Waals surface area contributed by atoms with E-state index in [1.54, 1.807) is 4.90 Å². The molecule has 0 bridgehead atoms. The Morgan fingerprint density at radius 2 is 1.67 bits per heavy atom. The lowest BCUT2D eigenvalue weighted by atomic mass is 10.1. The average molecular weight is 668 g/mol. The minimum atomic E-state index is -0.154. The van der Waals surface area contributed by atoms with E-state index in [0.29, 0.717) is 46.2 Å². The molecular weight excluding hydrogens is 641 g/mol. The lowest BCUT2D eigenvalue weighted by Crippen LogP contribution is -2.27. The molecule has 1 aliphatic heterocycles. The van der Waals surface area contributed by atoms with Gasteiger partial charge in [-0.2, -0.15) is 0 Å². The van der Waals surface area contributed by atoms with Gasteiger partial charge in [-0.15, -0.1) is 0 Å². The Labute approximate surface area is 251 Å². The summed E-state index contributed by atoms with van der Waals surface area (Å²) in [6, 6.07) is 25.8. The maximum absolute atomic E-state index is 13.3. The first-order valence-electron chi connectivity index (χ1n) is 12.5. The largest absolute Gasteiger partial charge is 0.494 e. The van der Waals surface area contributed by atoms with E-state index >= 15 is 0 Å². The number of hydrogen-bond acceptors (Lipinski definition) is 6. The minimum absolute atomic E-state index is 0.154. The molecule has 0 radical (unpaired) electrons. The quantitative estimate of drug-likeness (QED) is 0.102. The number of halogens is 1. The molecule has 0 spiro atoms. The number of nitrogens with zero attached hydrogens (tertiary/aromatic N) is 1. The second kappa shape index (κ2) is 12.4. The van der Waals surface area contributed by atoms with Gasteiger partial charge in [0.05, 0.1) is 27.4 Å². The van der Waals surface area contributed by atoms with Crippen molar-refractivity contribution in [2.75, 3.05) is 18.1 Å². The number of anilines is 1. The van der Waals surface area contributed by atoms with E-state index in [1.165, 1.54) is 22.5 Å². The van der Waals surface area contributed by atoms with Crippen LogP contribution in [0.25, 0.3) is 16.8 Å². The van der Waals surface area contributed by atoms with Crippen LogP contribution in [-0.4, -0.2) is 23.4 Å². The van der Waals surface area contributed by atoms with Crippen molar-refractivity contribution in [3.63, 3.8) is 0 Å². The Balaban J connectivity index is 1.39. The van der Waals surface area contributed by atoms with Crippen LogP contribution >= 0.6 is 46.6 Å². The third-order valence-corrected chi connectivity index (χ3v) is 8.18. The first-order chi connectivity index (χ1) is 19.0. The van der Waals surface area contributed by atoms with Gasteiger partial charge in [-0.3, -0.25) is 9.69 Å². The van der Waals surface area contributed by atoms with Gasteiger partial charge in [-0.05, 0) is 101 Å². The predicted molar refractivity (Wildman–Crippen MR) is 172 cm³/mol. The fourth-order valence-corrected chi connectivity index (χ4v) is 6.42. The van der Waals surface area contributed by atoms with Crippen molar-refractivity contribution in [2.24, 2.45) is 0 Å². The summed E-state index contributed by atoms with van der Waals surface area (Å²) >= 11 is 9.10. The van der Waals surface area contributed by atoms with Crippen LogP contribution in [0.15, 0.2) is 83.8 Å². The fraction of sp³-hybridized carbons (Fsp3) is 0.161. The second-order valence-corrected chi connectivity index (χ2v) is 11.5. The molecule has 39 heavy (non-hydrogen) atoms. The average Bonchev–Trinajstić information content (AvgIpc) is 3.21. The van der Waals surface area contributed by atoms with Crippen LogP contribution < -0.4 is 19.1 Å². The van der Waals surface area contributed by atoms with Crippen molar-refractivity contribution in [3.8, 4) is 17.2 Å². The molecule has 0 aromatic heterocycles. The Morgan fingerprint density at radius 1 is 0.923 bits per heavy atom. The lowest BCUT2D eigenvalue weighted by molar-refractivity contribution is -0.113. The number of thiocarbonyl (C=S) groups is 1. The van der Waals surface area contributed by atoms with Gasteiger partial charge in [0.1, 0.15) is 12.4 Å². The molecule has 1 saturated heterocycles. The zero-order valence-corrected chi connectivity index (χ0v) is 25.3. The summed E-state index contributed by atoms with van der Waals surface area (Å²) in [4.78, 5) is 15.4. The van der Waals surface area contributed by atoms with Crippen LogP contribution in [-0.2, 0) is 11.4 Å². The zero-order chi connectivity index (χ0) is 27.4. The smallest absolute Gasteiger partial charge is 0.270 e. The normalized spacial score (nSPS) is 14.3. The van der Waals surface area contributed by atoms with E-state index in [9.17, 15) is 4.79 Å². The number of ether oxygens (including phenoxy) is 3. The van der Waals surface area contributed by atoms with Crippen molar-refractivity contribution in [1.29, 1.82) is 0 Å². The highest BCUT2D eigenvalue weighted by atomic mass is 127. The molecule has 1 aliphatic rings. The lowest BCUT2D eigenvalue weighted by Gasteiger charge is -2.16. The molecule has 5 nitrogen and oxygen atoms in total. The number of fused-ring (bicyclic) bond motifs is 1. The van der Waals surface area contributed by atoms with Gasteiger partial charge in [0.25, 0.3) is 5.91 Å². The molecule has 0 unspecified atom stereocenters. The monoisotopic (exact) mass is 667 g/mol. The second-order valence-electron chi connectivity index (χ2n) is 8.63. The highest BCUT2D eigenvalue weighted by Gasteiger charge is 2.33. The van der Waals surface area contributed by atoms with Crippen LogP contribution in [0.5, 0.6) is 17.2 Å². The van der Waals surface area contributed by atoms with Gasteiger partial charge in [0.2, 0.25) is 0 Å². The molecule has 1 heterocycles. The molecule has 4 aromatic rings. The molecule has 1 amide bonds. The van der Waals surface area contributed by atoms with Crippen molar-refractivity contribution >= 4 is 79.3 Å². The van der Waals surface area contributed by atoms with E-state index in [4.69, 9.17) is 26.4 Å². The van der Waals surface area contributed by atoms with Gasteiger partial charge < -0.3 is 14.2 Å². The Kier molecular flexibility index (Phi) is 8.74. The number of benzene rings is 4. The van der Waals surface area contributed by atoms with Crippen LogP contribution in [0.2, 0.25) is 0 Å². The standard InChI is InChI=1S/C31H26INO4S2/c1-3-35-24-14-12-23(13-15-24)33-30(34)28(39-31(33)38)18-20-16-26(32)29(27(17-20)36-4-2)37-19-22-10-7-9-21-8-5-6-11-25(21)22/h5-18H,3-4,19H2,1-2H3/b28-18+. The molecular formula is C31H26INO4S2. The van der Waals surface area contributed by atoms with Crippen molar-refractivity contribution in [2.45, 2.75) is 20.5 Å². The third kappa shape index (κ3) is 6.08. The molecule has 4 aromatic carbocycles. The molecule has 0 atom stereocenters. The van der Waals surface area contributed by atoms with Crippen LogP contribution in [0.4, 0.5) is 5.69 Å². The van der Waals surface area contributed by atoms with Gasteiger partial charge in [0, 0.05) is 0 Å². The first kappa shape index (κ1) is 27.5. The molecule has 198 valence electrons. The van der Waals surface area contributed by atoms with E-state index in [2.05, 4.69) is 46.9 Å². The fourth-order valence-electron chi connectivity index (χ4n) is 4.34. The van der Waals surface area contributed by atoms with E-state index in [-0.39, 0.29) is 5.91 Å². The molecule has 8 heteroatoms. The van der Waals surface area contributed by atoms with E-state index < -0.39 is 0 Å².